The van der Waals surface area contributed by atoms with Gasteiger partial charge in [0, 0.05) is 32.0 Å². The summed E-state index contributed by atoms with van der Waals surface area (Å²) in [6, 6.07) is 3.48. The van der Waals surface area contributed by atoms with Crippen LogP contribution in [0.15, 0.2) is 18.2 Å². The molecule has 1 aromatic carbocycles. The Bertz CT molecular complexity index is 450. The Labute approximate surface area is 111 Å². The minimum Gasteiger partial charge on any atom is -0.385 e. The fourth-order valence-electron chi connectivity index (χ4n) is 1.59. The molecule has 0 atom stereocenters. The summed E-state index contributed by atoms with van der Waals surface area (Å²) in [5, 5.41) is 13.7. The van der Waals surface area contributed by atoms with Crippen LogP contribution in [-0.4, -0.2) is 25.2 Å². The van der Waals surface area contributed by atoms with Crippen molar-refractivity contribution in [1.82, 2.24) is 0 Å². The highest BCUT2D eigenvalue weighted by Gasteiger charge is 2.18. The molecular formula is C13H19FN2O3. The standard InChI is InChI=1S/C13H19FN2O3/c1-13(2,4-5-19-3)9-15-11-6-10(14)7-12(8-11)16(17)18/h6-8,15H,4-5,9H2,1-3H3. The molecule has 106 valence electrons. The van der Waals surface area contributed by atoms with Crippen molar-refractivity contribution >= 4 is 11.4 Å². The van der Waals surface area contributed by atoms with Crippen molar-refractivity contribution in [1.29, 1.82) is 0 Å². The topological polar surface area (TPSA) is 64.4 Å². The molecule has 0 spiro atoms. The minimum atomic E-state index is -0.619. The van der Waals surface area contributed by atoms with E-state index in [1.807, 2.05) is 13.8 Å². The number of nitrogens with one attached hydrogen (secondary N) is 1. The predicted octanol–water partition coefficient (Wildman–Crippen LogP) is 3.21. The van der Waals surface area contributed by atoms with E-state index >= 15 is 0 Å². The van der Waals surface area contributed by atoms with Crippen LogP contribution in [0.25, 0.3) is 0 Å². The van der Waals surface area contributed by atoms with Gasteiger partial charge in [0.15, 0.2) is 0 Å². The molecule has 0 aliphatic carbocycles. The van der Waals surface area contributed by atoms with Crippen molar-refractivity contribution in [3.63, 3.8) is 0 Å². The van der Waals surface area contributed by atoms with E-state index in [1.54, 1.807) is 7.11 Å². The molecule has 0 aliphatic heterocycles. The molecule has 5 nitrogen and oxygen atoms in total. The lowest BCUT2D eigenvalue weighted by Crippen LogP contribution is -2.24. The second-order valence-electron chi connectivity index (χ2n) is 5.22. The maximum atomic E-state index is 13.2. The van der Waals surface area contributed by atoms with Crippen molar-refractivity contribution in [2.24, 2.45) is 5.41 Å². The number of nitrogens with zero attached hydrogens (tertiary/aromatic N) is 1. The third-order valence-electron chi connectivity index (χ3n) is 2.85. The quantitative estimate of drug-likeness (QED) is 0.610. The number of methoxy groups -OCH3 is 1. The van der Waals surface area contributed by atoms with E-state index in [9.17, 15) is 14.5 Å². The lowest BCUT2D eigenvalue weighted by Gasteiger charge is -2.25. The molecule has 1 aromatic rings. The maximum Gasteiger partial charge on any atom is 0.274 e. The third kappa shape index (κ3) is 5.21. The molecule has 0 bridgehead atoms. The van der Waals surface area contributed by atoms with Crippen LogP contribution in [-0.2, 0) is 4.74 Å². The lowest BCUT2D eigenvalue weighted by molar-refractivity contribution is -0.385. The Kier molecular flexibility index (Phi) is 5.23. The van der Waals surface area contributed by atoms with E-state index in [-0.39, 0.29) is 11.1 Å². The molecule has 0 aliphatic rings. The summed E-state index contributed by atoms with van der Waals surface area (Å²) in [5.74, 6) is -0.619. The van der Waals surface area contributed by atoms with Crippen molar-refractivity contribution in [3.8, 4) is 0 Å². The van der Waals surface area contributed by atoms with Crippen LogP contribution in [0.3, 0.4) is 0 Å². The number of rotatable bonds is 7. The Morgan fingerprint density at radius 1 is 1.42 bits per heavy atom. The zero-order valence-electron chi connectivity index (χ0n) is 11.4. The summed E-state index contributed by atoms with van der Waals surface area (Å²) in [4.78, 5) is 10.0. The first-order valence-electron chi connectivity index (χ1n) is 6.02. The first kappa shape index (κ1) is 15.4. The number of non-ortho nitro benzene ring substituents is 1. The van der Waals surface area contributed by atoms with Crippen molar-refractivity contribution in [2.75, 3.05) is 25.6 Å². The zero-order valence-corrected chi connectivity index (χ0v) is 11.4. The molecule has 0 heterocycles. The summed E-state index contributed by atoms with van der Waals surface area (Å²) in [6.45, 7) is 5.31. The molecule has 0 unspecified atom stereocenters. The maximum absolute atomic E-state index is 13.2. The minimum absolute atomic E-state index is 0.0445. The number of anilines is 1. The summed E-state index contributed by atoms with van der Waals surface area (Å²) in [6.07, 6.45) is 0.841. The van der Waals surface area contributed by atoms with Crippen molar-refractivity contribution in [3.05, 3.63) is 34.1 Å². The van der Waals surface area contributed by atoms with Crippen LogP contribution in [0.2, 0.25) is 0 Å². The molecule has 6 heteroatoms. The Morgan fingerprint density at radius 2 is 2.11 bits per heavy atom. The predicted molar refractivity (Wildman–Crippen MR) is 71.8 cm³/mol. The van der Waals surface area contributed by atoms with Gasteiger partial charge in [0.25, 0.3) is 5.69 Å². The van der Waals surface area contributed by atoms with Gasteiger partial charge in [0.1, 0.15) is 5.82 Å². The van der Waals surface area contributed by atoms with E-state index in [1.165, 1.54) is 12.1 Å². The highest BCUT2D eigenvalue weighted by molar-refractivity contribution is 5.51. The molecule has 0 amide bonds. The molecule has 0 saturated heterocycles. The normalized spacial score (nSPS) is 11.4. The highest BCUT2D eigenvalue weighted by atomic mass is 19.1. The van der Waals surface area contributed by atoms with Crippen LogP contribution in [0.5, 0.6) is 0 Å². The van der Waals surface area contributed by atoms with Crippen LogP contribution < -0.4 is 5.32 Å². The fourth-order valence-corrected chi connectivity index (χ4v) is 1.59. The summed E-state index contributed by atoms with van der Waals surface area (Å²) < 4.78 is 18.3. The number of nitro groups is 1. The molecule has 0 radical (unpaired) electrons. The smallest absolute Gasteiger partial charge is 0.274 e. The van der Waals surface area contributed by atoms with E-state index in [2.05, 4.69) is 5.32 Å². The first-order chi connectivity index (χ1) is 8.84. The van der Waals surface area contributed by atoms with Crippen LogP contribution in [0.1, 0.15) is 20.3 Å². The molecule has 0 saturated carbocycles. The third-order valence-corrected chi connectivity index (χ3v) is 2.85. The number of nitro benzene ring substituents is 1. The fraction of sp³-hybridized carbons (Fsp3) is 0.538. The second-order valence-corrected chi connectivity index (χ2v) is 5.22. The van der Waals surface area contributed by atoms with Gasteiger partial charge in [0.2, 0.25) is 0 Å². The number of halogens is 1. The highest BCUT2D eigenvalue weighted by Crippen LogP contribution is 2.24. The first-order valence-corrected chi connectivity index (χ1v) is 6.02. The summed E-state index contributed by atoms with van der Waals surface area (Å²) >= 11 is 0. The van der Waals surface area contributed by atoms with E-state index in [0.29, 0.717) is 18.8 Å². The van der Waals surface area contributed by atoms with Gasteiger partial charge in [-0.25, -0.2) is 4.39 Å². The second kappa shape index (κ2) is 6.47. The van der Waals surface area contributed by atoms with E-state index in [0.717, 1.165) is 12.5 Å². The van der Waals surface area contributed by atoms with Gasteiger partial charge in [-0.1, -0.05) is 13.8 Å². The number of hydrogen-bond donors (Lipinski definition) is 1. The zero-order chi connectivity index (χ0) is 14.5. The van der Waals surface area contributed by atoms with Gasteiger partial charge >= 0.3 is 0 Å². The molecular weight excluding hydrogens is 251 g/mol. The number of benzene rings is 1. The van der Waals surface area contributed by atoms with Gasteiger partial charge in [-0.2, -0.15) is 0 Å². The summed E-state index contributed by atoms with van der Waals surface area (Å²) in [5.41, 5.74) is 0.117. The van der Waals surface area contributed by atoms with Gasteiger partial charge in [-0.3, -0.25) is 10.1 Å². The van der Waals surface area contributed by atoms with Gasteiger partial charge in [-0.05, 0) is 17.9 Å². The van der Waals surface area contributed by atoms with Gasteiger partial charge < -0.3 is 10.1 Å². The average Bonchev–Trinajstić information content (AvgIpc) is 2.33. The van der Waals surface area contributed by atoms with Crippen molar-refractivity contribution < 1.29 is 14.1 Å². The Hall–Kier alpha value is -1.69. The SMILES string of the molecule is COCCC(C)(C)CNc1cc(F)cc([N+](=O)[O-])c1. The monoisotopic (exact) mass is 270 g/mol. The van der Waals surface area contributed by atoms with Gasteiger partial charge in [-0.15, -0.1) is 0 Å². The molecule has 0 aromatic heterocycles. The molecule has 0 fully saturated rings. The molecule has 1 N–H and O–H groups in total. The van der Waals surface area contributed by atoms with Crippen molar-refractivity contribution in [2.45, 2.75) is 20.3 Å². The molecule has 1 rings (SSSR count). The van der Waals surface area contributed by atoms with E-state index in [4.69, 9.17) is 4.74 Å². The van der Waals surface area contributed by atoms with Crippen LogP contribution >= 0.6 is 0 Å². The number of ether oxygens (including phenoxy) is 1. The molecule has 19 heavy (non-hydrogen) atoms. The van der Waals surface area contributed by atoms with Gasteiger partial charge in [0.05, 0.1) is 11.0 Å². The average molecular weight is 270 g/mol. The van der Waals surface area contributed by atoms with Crippen LogP contribution in [0, 0.1) is 21.3 Å². The van der Waals surface area contributed by atoms with E-state index < -0.39 is 10.7 Å². The lowest BCUT2D eigenvalue weighted by atomic mass is 9.89. The summed E-state index contributed by atoms with van der Waals surface area (Å²) in [7, 11) is 1.64. The van der Waals surface area contributed by atoms with Crippen LogP contribution in [0.4, 0.5) is 15.8 Å². The largest absolute Gasteiger partial charge is 0.385 e. The Balaban J connectivity index is 2.69. The number of hydrogen-bond acceptors (Lipinski definition) is 4. The Morgan fingerprint density at radius 3 is 2.68 bits per heavy atom.